The highest BCUT2D eigenvalue weighted by Gasteiger charge is 2.38. The van der Waals surface area contributed by atoms with Crippen molar-refractivity contribution in [2.75, 3.05) is 24.7 Å². The third-order valence-corrected chi connectivity index (χ3v) is 9.59. The number of aliphatic hydroxyl groups is 1. The van der Waals surface area contributed by atoms with Gasteiger partial charge in [0.1, 0.15) is 0 Å². The summed E-state index contributed by atoms with van der Waals surface area (Å²) in [5.74, 6) is 3.00. The number of carboxylic acids is 1. The zero-order chi connectivity index (χ0) is 27.9. The minimum absolute atomic E-state index is 0.0247. The molecule has 6 nitrogen and oxygen atoms in total. The number of aliphatic carboxylic acids is 1. The summed E-state index contributed by atoms with van der Waals surface area (Å²) in [6.45, 7) is 4.76. The van der Waals surface area contributed by atoms with Crippen molar-refractivity contribution in [2.24, 2.45) is 11.8 Å². The average Bonchev–Trinajstić information content (AvgIpc) is 3.20. The lowest BCUT2D eigenvalue weighted by Crippen LogP contribution is -2.35. The van der Waals surface area contributed by atoms with Crippen molar-refractivity contribution in [2.45, 2.75) is 147 Å². The molecule has 0 aromatic rings. The predicted octanol–water partition coefficient (Wildman–Crippen LogP) is 8.84. The molecular formula is C30H57O6PS. The molecule has 0 aliphatic heterocycles. The lowest BCUT2D eigenvalue weighted by Gasteiger charge is -2.26. The molecule has 0 radical (unpaired) electrons. The molecule has 8 heteroatoms. The fraction of sp³-hybridized carbons (Fsp3) is 0.967. The van der Waals surface area contributed by atoms with E-state index in [0.717, 1.165) is 24.7 Å². The summed E-state index contributed by atoms with van der Waals surface area (Å²) >= 11 is 2.19. The Bertz CT molecular complexity index is 587. The summed E-state index contributed by atoms with van der Waals surface area (Å²) in [5.41, 5.74) is -2.66. The van der Waals surface area contributed by atoms with E-state index in [-0.39, 0.29) is 12.7 Å². The van der Waals surface area contributed by atoms with Crippen LogP contribution in [0.5, 0.6) is 0 Å². The van der Waals surface area contributed by atoms with Gasteiger partial charge in [0.2, 0.25) is 8.46 Å². The second-order valence-electron chi connectivity index (χ2n) is 11.2. The maximum absolute atomic E-state index is 10.8. The summed E-state index contributed by atoms with van der Waals surface area (Å²) in [5, 5.41) is 18.3. The van der Waals surface area contributed by atoms with Crippen molar-refractivity contribution in [1.82, 2.24) is 0 Å². The number of carbonyl (C=O) groups is 1. The fourth-order valence-corrected chi connectivity index (χ4v) is 6.81. The van der Waals surface area contributed by atoms with Gasteiger partial charge in [0, 0.05) is 6.61 Å². The number of hydrogen-bond donors (Lipinski definition) is 2. The summed E-state index contributed by atoms with van der Waals surface area (Å²) in [4.78, 5) is 10.8. The van der Waals surface area contributed by atoms with Crippen LogP contribution in [0.25, 0.3) is 0 Å². The normalized spacial score (nSPS) is 18.2. The molecule has 0 aromatic heterocycles. The zero-order valence-electron chi connectivity index (χ0n) is 24.4. The van der Waals surface area contributed by atoms with Crippen LogP contribution in [0.1, 0.15) is 136 Å². The maximum Gasteiger partial charge on any atom is 0.377 e. The summed E-state index contributed by atoms with van der Waals surface area (Å²) in [7, 11) is -0.976. The van der Waals surface area contributed by atoms with Gasteiger partial charge in [-0.1, -0.05) is 103 Å². The van der Waals surface area contributed by atoms with Crippen molar-refractivity contribution in [3.05, 3.63) is 0 Å². The van der Waals surface area contributed by atoms with Gasteiger partial charge in [0.25, 0.3) is 0 Å². The first kappa shape index (κ1) is 35.8. The first-order chi connectivity index (χ1) is 18.4. The first-order valence-electron chi connectivity index (χ1n) is 15.6. The van der Waals surface area contributed by atoms with Gasteiger partial charge in [-0.2, -0.15) is 11.8 Å². The minimum atomic E-state index is -2.66. The molecule has 3 unspecified atom stereocenters. The molecule has 1 aliphatic carbocycles. The largest absolute Gasteiger partial charge is 0.477 e. The van der Waals surface area contributed by atoms with E-state index in [1.807, 2.05) is 6.92 Å². The smallest absolute Gasteiger partial charge is 0.377 e. The third kappa shape index (κ3) is 17.5. The monoisotopic (exact) mass is 576 g/mol. The lowest BCUT2D eigenvalue weighted by atomic mass is 9.81. The molecule has 0 bridgehead atoms. The van der Waals surface area contributed by atoms with Crippen LogP contribution in [0.4, 0.5) is 0 Å². The first-order valence-corrected chi connectivity index (χ1v) is 17.5. The van der Waals surface area contributed by atoms with Gasteiger partial charge in [-0.25, -0.2) is 4.79 Å². The molecule has 1 aliphatic rings. The van der Waals surface area contributed by atoms with Crippen molar-refractivity contribution in [3.8, 4) is 0 Å². The Morgan fingerprint density at radius 2 is 1.55 bits per heavy atom. The molecule has 1 rings (SSSR count). The highest BCUT2D eigenvalue weighted by atomic mass is 32.2. The van der Waals surface area contributed by atoms with Crippen LogP contribution in [-0.4, -0.2) is 52.5 Å². The molecule has 3 atom stereocenters. The lowest BCUT2D eigenvalue weighted by molar-refractivity contribution is -0.190. The average molecular weight is 577 g/mol. The highest BCUT2D eigenvalue weighted by molar-refractivity contribution is 7.99. The predicted molar refractivity (Wildman–Crippen MR) is 159 cm³/mol. The summed E-state index contributed by atoms with van der Waals surface area (Å²) in [6.07, 6.45) is 25.2. The Kier molecular flexibility index (Phi) is 22.2. The molecular weight excluding hydrogens is 519 g/mol. The van der Waals surface area contributed by atoms with Gasteiger partial charge < -0.3 is 19.7 Å². The third-order valence-electron chi connectivity index (χ3n) is 7.92. The molecule has 38 heavy (non-hydrogen) atoms. The number of ether oxygens (including phenoxy) is 2. The highest BCUT2D eigenvalue weighted by Crippen LogP contribution is 2.34. The van der Waals surface area contributed by atoms with Gasteiger partial charge in [0.15, 0.2) is 0 Å². The maximum atomic E-state index is 10.8. The van der Waals surface area contributed by atoms with Crippen molar-refractivity contribution in [1.29, 1.82) is 0 Å². The topological polar surface area (TPSA) is 93.1 Å². The zero-order valence-corrected chi connectivity index (χ0v) is 26.1. The Balaban J connectivity index is 1.97. The number of thioether (sulfide) groups is 1. The van der Waals surface area contributed by atoms with E-state index in [1.54, 1.807) is 0 Å². The number of hydrogen-bond acceptors (Lipinski definition) is 6. The number of unbranched alkanes of at least 4 members (excludes halogenated alkanes) is 7. The van der Waals surface area contributed by atoms with E-state index in [2.05, 4.69) is 18.7 Å². The molecule has 0 amide bonds. The van der Waals surface area contributed by atoms with Crippen LogP contribution in [0.15, 0.2) is 0 Å². The van der Waals surface area contributed by atoms with E-state index in [1.165, 1.54) is 114 Å². The van der Waals surface area contributed by atoms with E-state index in [9.17, 15) is 14.5 Å². The van der Waals surface area contributed by atoms with Crippen molar-refractivity contribution in [3.63, 3.8) is 0 Å². The van der Waals surface area contributed by atoms with E-state index in [0.29, 0.717) is 13.0 Å². The van der Waals surface area contributed by atoms with Gasteiger partial charge in [-0.15, -0.1) is 0 Å². The van der Waals surface area contributed by atoms with Crippen LogP contribution in [0.2, 0.25) is 0 Å². The van der Waals surface area contributed by atoms with Gasteiger partial charge in [-0.3, -0.25) is 4.57 Å². The standard InChI is InChI=1S/C30H57O6PS/c1-3-4-11-18-28(27-19-13-8-9-14-20-27)21-25-38-24-15-10-6-5-7-12-17-26(2)35-22-16-23-36-30(33,37-34)29(31)32/h26-28,33H,3-25H2,1-2H3,(H,31,32). The van der Waals surface area contributed by atoms with Gasteiger partial charge in [0.05, 0.1) is 12.7 Å². The molecule has 0 saturated heterocycles. The second kappa shape index (κ2) is 23.5. The molecule has 1 saturated carbocycles. The van der Waals surface area contributed by atoms with Crippen LogP contribution in [-0.2, 0) is 18.8 Å². The van der Waals surface area contributed by atoms with E-state index >= 15 is 0 Å². The Labute approximate surface area is 239 Å². The quantitative estimate of drug-likeness (QED) is 0.0485. The summed E-state index contributed by atoms with van der Waals surface area (Å²) < 4.78 is 21.3. The van der Waals surface area contributed by atoms with E-state index < -0.39 is 20.0 Å². The van der Waals surface area contributed by atoms with Crippen LogP contribution in [0, 0.1) is 11.8 Å². The summed E-state index contributed by atoms with van der Waals surface area (Å²) in [6, 6.07) is 0. The molecule has 0 spiro atoms. The Morgan fingerprint density at radius 1 is 0.895 bits per heavy atom. The SMILES string of the molecule is CCCCCC(CCSCCCCCCCCC(C)OCCCOC(O)(P=O)C(=O)O)C1CCCCCC1. The van der Waals surface area contributed by atoms with Crippen molar-refractivity contribution >= 4 is 26.2 Å². The van der Waals surface area contributed by atoms with Crippen LogP contribution < -0.4 is 0 Å². The van der Waals surface area contributed by atoms with Crippen LogP contribution >= 0.6 is 20.2 Å². The molecule has 224 valence electrons. The van der Waals surface area contributed by atoms with E-state index in [4.69, 9.17) is 14.6 Å². The number of rotatable bonds is 25. The van der Waals surface area contributed by atoms with Crippen LogP contribution in [0.3, 0.4) is 0 Å². The fourth-order valence-electron chi connectivity index (χ4n) is 5.50. The van der Waals surface area contributed by atoms with Crippen molar-refractivity contribution < 1.29 is 29.0 Å². The Morgan fingerprint density at radius 3 is 2.21 bits per heavy atom. The van der Waals surface area contributed by atoms with Gasteiger partial charge in [-0.05, 0) is 55.9 Å². The molecule has 0 aromatic carbocycles. The van der Waals surface area contributed by atoms with Gasteiger partial charge >= 0.3 is 11.5 Å². The second-order valence-corrected chi connectivity index (χ2v) is 13.2. The Hall–Kier alpha value is -0.200. The molecule has 0 heterocycles. The number of carboxylic acid groups (broad SMARTS) is 1. The molecule has 2 N–H and O–H groups in total. The minimum Gasteiger partial charge on any atom is -0.477 e. The molecule has 1 fully saturated rings.